The molecule has 0 atom stereocenters. The summed E-state index contributed by atoms with van der Waals surface area (Å²) in [5, 5.41) is 3.90. The molecular formula is C18H15BrN2O3. The van der Waals surface area contributed by atoms with E-state index in [2.05, 4.69) is 32.4 Å². The first-order valence-corrected chi connectivity index (χ1v) is 7.84. The van der Waals surface area contributed by atoms with Gasteiger partial charge in [-0.25, -0.2) is 5.43 Å². The number of hydrogen-bond donors (Lipinski definition) is 1. The van der Waals surface area contributed by atoms with Crippen molar-refractivity contribution in [3.8, 4) is 23.8 Å². The molecule has 0 aliphatic rings. The van der Waals surface area contributed by atoms with Gasteiger partial charge in [0.1, 0.15) is 18.1 Å². The Kier molecular flexibility index (Phi) is 6.87. The molecule has 1 amide bonds. The molecule has 0 unspecified atom stereocenters. The third kappa shape index (κ3) is 5.45. The number of para-hydroxylation sites is 2. The molecule has 2 aromatic rings. The van der Waals surface area contributed by atoms with Gasteiger partial charge in [0.15, 0.2) is 6.61 Å². The molecule has 2 rings (SSSR count). The minimum Gasteiger partial charge on any atom is -0.483 e. The molecule has 122 valence electrons. The molecule has 0 aliphatic heterocycles. The molecule has 24 heavy (non-hydrogen) atoms. The van der Waals surface area contributed by atoms with Crippen LogP contribution in [0.1, 0.15) is 5.56 Å². The summed E-state index contributed by atoms with van der Waals surface area (Å²) in [7, 11) is 0. The number of nitrogens with one attached hydrogen (secondary N) is 1. The molecule has 0 spiro atoms. The van der Waals surface area contributed by atoms with Crippen molar-refractivity contribution < 1.29 is 14.3 Å². The van der Waals surface area contributed by atoms with E-state index in [4.69, 9.17) is 15.9 Å². The highest BCUT2D eigenvalue weighted by Gasteiger charge is 2.04. The zero-order chi connectivity index (χ0) is 17.2. The van der Waals surface area contributed by atoms with Gasteiger partial charge in [0.25, 0.3) is 5.91 Å². The Labute approximate surface area is 148 Å². The number of benzene rings is 2. The van der Waals surface area contributed by atoms with Gasteiger partial charge in [-0.15, -0.1) is 6.42 Å². The molecule has 0 bridgehead atoms. The first kappa shape index (κ1) is 17.6. The summed E-state index contributed by atoms with van der Waals surface area (Å²) in [5.74, 6) is 3.21. The van der Waals surface area contributed by atoms with Crippen LogP contribution in [0.3, 0.4) is 0 Å². The second-order valence-electron chi connectivity index (χ2n) is 4.54. The van der Waals surface area contributed by atoms with Crippen molar-refractivity contribution >= 4 is 28.1 Å². The summed E-state index contributed by atoms with van der Waals surface area (Å²) in [4.78, 5) is 11.8. The van der Waals surface area contributed by atoms with Crippen LogP contribution in [0, 0.1) is 12.3 Å². The lowest BCUT2D eigenvalue weighted by Crippen LogP contribution is -2.24. The molecule has 0 saturated carbocycles. The second kappa shape index (κ2) is 9.38. The number of carbonyl (C=O) groups excluding carboxylic acids is 1. The number of halogens is 1. The summed E-state index contributed by atoms with van der Waals surface area (Å²) in [6.07, 6.45) is 6.66. The van der Waals surface area contributed by atoms with Crippen molar-refractivity contribution in [2.75, 3.05) is 13.2 Å². The average molecular weight is 387 g/mol. The van der Waals surface area contributed by atoms with E-state index in [-0.39, 0.29) is 19.1 Å². The van der Waals surface area contributed by atoms with Gasteiger partial charge in [-0.2, -0.15) is 5.10 Å². The SMILES string of the molecule is C#CCOc1ccccc1C=NNC(=O)COc1ccccc1Br. The molecule has 1 N–H and O–H groups in total. The molecule has 0 radical (unpaired) electrons. The maximum absolute atomic E-state index is 11.8. The van der Waals surface area contributed by atoms with Gasteiger partial charge in [0, 0.05) is 5.56 Å². The summed E-state index contributed by atoms with van der Waals surface area (Å²) in [6, 6.07) is 14.5. The zero-order valence-corrected chi connectivity index (χ0v) is 14.3. The Bertz CT molecular complexity index is 769. The Morgan fingerprint density at radius 3 is 2.62 bits per heavy atom. The molecule has 0 heterocycles. The molecule has 2 aromatic carbocycles. The third-order valence-electron chi connectivity index (χ3n) is 2.82. The van der Waals surface area contributed by atoms with Gasteiger partial charge in [-0.3, -0.25) is 4.79 Å². The molecule has 0 saturated heterocycles. The number of hydrazone groups is 1. The van der Waals surface area contributed by atoms with Gasteiger partial charge in [-0.1, -0.05) is 30.2 Å². The van der Waals surface area contributed by atoms with E-state index in [0.717, 1.165) is 4.47 Å². The number of terminal acetylenes is 1. The number of amides is 1. The second-order valence-corrected chi connectivity index (χ2v) is 5.40. The summed E-state index contributed by atoms with van der Waals surface area (Å²) in [6.45, 7) is 0.0200. The van der Waals surface area contributed by atoms with Crippen LogP contribution in [0.4, 0.5) is 0 Å². The fraction of sp³-hybridized carbons (Fsp3) is 0.111. The normalized spacial score (nSPS) is 10.2. The van der Waals surface area contributed by atoms with E-state index < -0.39 is 0 Å². The van der Waals surface area contributed by atoms with Crippen LogP contribution in [0.25, 0.3) is 0 Å². The lowest BCUT2D eigenvalue weighted by atomic mass is 10.2. The number of hydrogen-bond acceptors (Lipinski definition) is 4. The zero-order valence-electron chi connectivity index (χ0n) is 12.7. The number of carbonyl (C=O) groups is 1. The van der Waals surface area contributed by atoms with Gasteiger partial charge in [0.05, 0.1) is 10.7 Å². The molecule has 0 aliphatic carbocycles. The topological polar surface area (TPSA) is 59.9 Å². The highest BCUT2D eigenvalue weighted by molar-refractivity contribution is 9.10. The van der Waals surface area contributed by atoms with Crippen molar-refractivity contribution in [1.82, 2.24) is 5.43 Å². The van der Waals surface area contributed by atoms with Crippen LogP contribution in [0.5, 0.6) is 11.5 Å². The van der Waals surface area contributed by atoms with Crippen LogP contribution in [0.2, 0.25) is 0 Å². The standard InChI is InChI=1S/C18H15BrN2O3/c1-2-11-23-16-9-5-3-7-14(16)12-20-21-18(22)13-24-17-10-6-4-8-15(17)19/h1,3-10,12H,11,13H2,(H,21,22). The maximum atomic E-state index is 11.8. The Morgan fingerprint density at radius 1 is 1.17 bits per heavy atom. The van der Waals surface area contributed by atoms with E-state index >= 15 is 0 Å². The molecule has 5 nitrogen and oxygen atoms in total. The average Bonchev–Trinajstić information content (AvgIpc) is 2.60. The minimum absolute atomic E-state index is 0.144. The number of rotatable bonds is 7. The molecule has 0 fully saturated rings. The van der Waals surface area contributed by atoms with E-state index in [1.165, 1.54) is 6.21 Å². The predicted octanol–water partition coefficient (Wildman–Crippen LogP) is 2.99. The largest absolute Gasteiger partial charge is 0.483 e. The Balaban J connectivity index is 1.87. The van der Waals surface area contributed by atoms with Gasteiger partial charge in [-0.05, 0) is 40.2 Å². The van der Waals surface area contributed by atoms with E-state index in [9.17, 15) is 4.79 Å². The van der Waals surface area contributed by atoms with E-state index in [1.807, 2.05) is 30.3 Å². The fourth-order valence-electron chi connectivity index (χ4n) is 1.75. The summed E-state index contributed by atoms with van der Waals surface area (Å²) in [5.41, 5.74) is 3.11. The van der Waals surface area contributed by atoms with Crippen LogP contribution >= 0.6 is 15.9 Å². The van der Waals surface area contributed by atoms with Crippen molar-refractivity contribution in [2.45, 2.75) is 0 Å². The van der Waals surface area contributed by atoms with Crippen molar-refractivity contribution in [3.63, 3.8) is 0 Å². The highest BCUT2D eigenvalue weighted by atomic mass is 79.9. The highest BCUT2D eigenvalue weighted by Crippen LogP contribution is 2.23. The molecular weight excluding hydrogens is 372 g/mol. The summed E-state index contributed by atoms with van der Waals surface area (Å²) < 4.78 is 11.6. The molecule has 6 heteroatoms. The first-order valence-electron chi connectivity index (χ1n) is 7.05. The monoisotopic (exact) mass is 386 g/mol. The Hall–Kier alpha value is -2.78. The van der Waals surface area contributed by atoms with E-state index in [0.29, 0.717) is 17.1 Å². The maximum Gasteiger partial charge on any atom is 0.277 e. The first-order chi connectivity index (χ1) is 11.7. The lowest BCUT2D eigenvalue weighted by Gasteiger charge is -2.07. The quantitative estimate of drug-likeness (QED) is 0.452. The fourth-order valence-corrected chi connectivity index (χ4v) is 2.15. The predicted molar refractivity (Wildman–Crippen MR) is 96.1 cm³/mol. The third-order valence-corrected chi connectivity index (χ3v) is 3.47. The van der Waals surface area contributed by atoms with Crippen LogP contribution in [-0.4, -0.2) is 25.3 Å². The Morgan fingerprint density at radius 2 is 1.88 bits per heavy atom. The van der Waals surface area contributed by atoms with Crippen LogP contribution in [-0.2, 0) is 4.79 Å². The van der Waals surface area contributed by atoms with Gasteiger partial charge >= 0.3 is 0 Å². The number of ether oxygens (including phenoxy) is 2. The minimum atomic E-state index is -0.371. The number of nitrogens with zero attached hydrogens (tertiary/aromatic N) is 1. The van der Waals surface area contributed by atoms with Crippen molar-refractivity contribution in [1.29, 1.82) is 0 Å². The van der Waals surface area contributed by atoms with Gasteiger partial charge in [0.2, 0.25) is 0 Å². The van der Waals surface area contributed by atoms with Crippen LogP contribution in [0.15, 0.2) is 58.1 Å². The van der Waals surface area contributed by atoms with Crippen LogP contribution < -0.4 is 14.9 Å². The van der Waals surface area contributed by atoms with Crippen molar-refractivity contribution in [2.24, 2.45) is 5.10 Å². The summed E-state index contributed by atoms with van der Waals surface area (Å²) >= 11 is 3.34. The molecule has 0 aromatic heterocycles. The smallest absolute Gasteiger partial charge is 0.277 e. The van der Waals surface area contributed by atoms with Gasteiger partial charge < -0.3 is 9.47 Å². The van der Waals surface area contributed by atoms with Crippen molar-refractivity contribution in [3.05, 3.63) is 58.6 Å². The van der Waals surface area contributed by atoms with E-state index in [1.54, 1.807) is 18.2 Å². The lowest BCUT2D eigenvalue weighted by molar-refractivity contribution is -0.123.